The third kappa shape index (κ3) is 3.38. The lowest BCUT2D eigenvalue weighted by molar-refractivity contribution is 0.0949. The fourth-order valence-electron chi connectivity index (χ4n) is 3.37. The van der Waals surface area contributed by atoms with E-state index >= 15 is 0 Å². The Balaban J connectivity index is 1.41. The SMILES string of the molecule is O=C(N/N=C1/CC2C=CCC12)c1ccccc1OCc1ccc(F)cc1. The van der Waals surface area contributed by atoms with Gasteiger partial charge in [0.2, 0.25) is 0 Å². The van der Waals surface area contributed by atoms with Crippen LogP contribution in [0.4, 0.5) is 4.39 Å². The van der Waals surface area contributed by atoms with Gasteiger partial charge in [0.1, 0.15) is 18.2 Å². The maximum atomic E-state index is 13.0. The van der Waals surface area contributed by atoms with Gasteiger partial charge in [-0.1, -0.05) is 36.4 Å². The van der Waals surface area contributed by atoms with Crippen LogP contribution in [0.25, 0.3) is 0 Å². The number of carbonyl (C=O) groups is 1. The molecular formula is C21H19FN2O2. The first-order valence-corrected chi connectivity index (χ1v) is 8.70. The Kier molecular flexibility index (Phi) is 4.52. The zero-order valence-corrected chi connectivity index (χ0v) is 14.2. The van der Waals surface area contributed by atoms with Crippen LogP contribution in [0.15, 0.2) is 65.8 Å². The number of allylic oxidation sites excluding steroid dienone is 2. The van der Waals surface area contributed by atoms with E-state index in [0.717, 1.165) is 24.1 Å². The fraction of sp³-hybridized carbons (Fsp3) is 0.238. The number of nitrogens with one attached hydrogen (secondary N) is 1. The number of hydrazone groups is 1. The van der Waals surface area contributed by atoms with Crippen LogP contribution in [-0.2, 0) is 6.61 Å². The van der Waals surface area contributed by atoms with Crippen molar-refractivity contribution in [3.8, 4) is 5.75 Å². The van der Waals surface area contributed by atoms with Crippen LogP contribution in [0, 0.1) is 17.7 Å². The number of carbonyl (C=O) groups excluding carboxylic acids is 1. The summed E-state index contributed by atoms with van der Waals surface area (Å²) in [5.41, 5.74) is 4.96. The Hall–Kier alpha value is -2.95. The van der Waals surface area contributed by atoms with Gasteiger partial charge in [-0.15, -0.1) is 0 Å². The average molecular weight is 350 g/mol. The van der Waals surface area contributed by atoms with Crippen molar-refractivity contribution in [2.24, 2.45) is 16.9 Å². The summed E-state index contributed by atoms with van der Waals surface area (Å²) in [6, 6.07) is 13.1. The van der Waals surface area contributed by atoms with Crippen molar-refractivity contribution in [2.75, 3.05) is 0 Å². The molecule has 26 heavy (non-hydrogen) atoms. The van der Waals surface area contributed by atoms with E-state index in [2.05, 4.69) is 22.7 Å². The third-order valence-electron chi connectivity index (χ3n) is 4.90. The maximum Gasteiger partial charge on any atom is 0.275 e. The molecule has 2 unspecified atom stereocenters. The number of amides is 1. The van der Waals surface area contributed by atoms with Crippen LogP contribution >= 0.6 is 0 Å². The lowest BCUT2D eigenvalue weighted by Gasteiger charge is -2.31. The molecule has 2 aliphatic rings. The molecule has 1 fully saturated rings. The molecule has 4 nitrogen and oxygen atoms in total. The van der Waals surface area contributed by atoms with Crippen molar-refractivity contribution in [3.05, 3.63) is 77.6 Å². The first-order chi connectivity index (χ1) is 12.7. The Morgan fingerprint density at radius 3 is 2.81 bits per heavy atom. The van der Waals surface area contributed by atoms with Gasteiger partial charge >= 0.3 is 0 Å². The van der Waals surface area contributed by atoms with E-state index in [1.807, 2.05) is 6.07 Å². The number of fused-ring (bicyclic) bond motifs is 1. The van der Waals surface area contributed by atoms with E-state index in [1.54, 1.807) is 30.3 Å². The summed E-state index contributed by atoms with van der Waals surface area (Å²) in [6.07, 6.45) is 6.34. The van der Waals surface area contributed by atoms with Gasteiger partial charge < -0.3 is 4.74 Å². The van der Waals surface area contributed by atoms with E-state index in [9.17, 15) is 9.18 Å². The molecule has 0 heterocycles. The van der Waals surface area contributed by atoms with Crippen molar-refractivity contribution >= 4 is 11.6 Å². The fourth-order valence-corrected chi connectivity index (χ4v) is 3.37. The Morgan fingerprint density at radius 2 is 2.00 bits per heavy atom. The number of halogens is 1. The highest BCUT2D eigenvalue weighted by atomic mass is 19.1. The Bertz CT molecular complexity index is 874. The maximum absolute atomic E-state index is 13.0. The second-order valence-electron chi connectivity index (χ2n) is 6.59. The summed E-state index contributed by atoms with van der Waals surface area (Å²) in [5, 5.41) is 4.30. The number of benzene rings is 2. The summed E-state index contributed by atoms with van der Waals surface area (Å²) in [7, 11) is 0. The number of nitrogens with zero attached hydrogens (tertiary/aromatic N) is 1. The molecule has 0 saturated heterocycles. The van der Waals surface area contributed by atoms with E-state index in [4.69, 9.17) is 4.74 Å². The predicted molar refractivity (Wildman–Crippen MR) is 97.4 cm³/mol. The van der Waals surface area contributed by atoms with Gasteiger partial charge in [0.25, 0.3) is 5.91 Å². The van der Waals surface area contributed by atoms with Crippen molar-refractivity contribution in [1.29, 1.82) is 0 Å². The third-order valence-corrected chi connectivity index (χ3v) is 4.90. The lowest BCUT2D eigenvalue weighted by Crippen LogP contribution is -2.35. The van der Waals surface area contributed by atoms with Gasteiger partial charge in [0, 0.05) is 11.6 Å². The second kappa shape index (κ2) is 7.12. The average Bonchev–Trinajstić information content (AvgIpc) is 3.02. The lowest BCUT2D eigenvalue weighted by atomic mass is 9.74. The minimum atomic E-state index is -0.290. The van der Waals surface area contributed by atoms with Gasteiger partial charge in [-0.25, -0.2) is 9.82 Å². The van der Waals surface area contributed by atoms with E-state index in [1.165, 1.54) is 12.1 Å². The number of rotatable bonds is 5. The van der Waals surface area contributed by atoms with Crippen LogP contribution in [0.1, 0.15) is 28.8 Å². The van der Waals surface area contributed by atoms with Crippen LogP contribution in [-0.4, -0.2) is 11.6 Å². The monoisotopic (exact) mass is 350 g/mol. The summed E-state index contributed by atoms with van der Waals surface area (Å²) in [6.45, 7) is 0.258. The minimum absolute atomic E-state index is 0.258. The number of hydrogen-bond donors (Lipinski definition) is 1. The zero-order chi connectivity index (χ0) is 17.9. The zero-order valence-electron chi connectivity index (χ0n) is 14.2. The molecule has 2 atom stereocenters. The molecule has 0 aromatic heterocycles. The summed E-state index contributed by atoms with van der Waals surface area (Å²) in [4.78, 5) is 12.5. The van der Waals surface area contributed by atoms with Crippen molar-refractivity contribution in [2.45, 2.75) is 19.4 Å². The molecule has 2 aromatic carbocycles. The molecule has 1 N–H and O–H groups in total. The van der Waals surface area contributed by atoms with Crippen LogP contribution < -0.4 is 10.2 Å². The minimum Gasteiger partial charge on any atom is -0.488 e. The highest BCUT2D eigenvalue weighted by Crippen LogP contribution is 2.40. The molecule has 4 rings (SSSR count). The summed E-state index contributed by atoms with van der Waals surface area (Å²) in [5.74, 6) is 0.950. The Labute approximate surface area is 151 Å². The van der Waals surface area contributed by atoms with Crippen LogP contribution in [0.2, 0.25) is 0 Å². The first-order valence-electron chi connectivity index (χ1n) is 8.70. The Morgan fingerprint density at radius 1 is 1.19 bits per heavy atom. The highest BCUT2D eigenvalue weighted by molar-refractivity contribution is 5.99. The van der Waals surface area contributed by atoms with Gasteiger partial charge in [0.15, 0.2) is 0 Å². The largest absolute Gasteiger partial charge is 0.488 e. The van der Waals surface area contributed by atoms with Crippen LogP contribution in [0.5, 0.6) is 5.75 Å². The molecule has 0 spiro atoms. The van der Waals surface area contributed by atoms with E-state index < -0.39 is 0 Å². The quantitative estimate of drug-likeness (QED) is 0.652. The van der Waals surface area contributed by atoms with Gasteiger partial charge in [0.05, 0.1) is 5.56 Å². The standard InChI is InChI=1S/C21H19FN2O2/c22-16-10-8-14(9-11-16)13-26-20-7-2-1-5-18(20)21(25)24-23-19-12-15-4-3-6-17(15)19/h1-5,7-11,15,17H,6,12-13H2,(H,24,25)/b23-19-. The molecule has 2 aliphatic carbocycles. The van der Waals surface area contributed by atoms with Gasteiger partial charge in [-0.3, -0.25) is 4.79 Å². The number of ether oxygens (including phenoxy) is 1. The summed E-state index contributed by atoms with van der Waals surface area (Å²) >= 11 is 0. The molecule has 5 heteroatoms. The first kappa shape index (κ1) is 16.5. The number of hydrogen-bond acceptors (Lipinski definition) is 3. The smallest absolute Gasteiger partial charge is 0.275 e. The predicted octanol–water partition coefficient (Wildman–Crippen LogP) is 4.09. The van der Waals surface area contributed by atoms with Crippen LogP contribution in [0.3, 0.4) is 0 Å². The molecule has 2 aromatic rings. The van der Waals surface area contributed by atoms with Gasteiger partial charge in [-0.05, 0) is 48.6 Å². The van der Waals surface area contributed by atoms with Gasteiger partial charge in [-0.2, -0.15) is 5.10 Å². The highest BCUT2D eigenvalue weighted by Gasteiger charge is 2.38. The molecule has 132 valence electrons. The summed E-state index contributed by atoms with van der Waals surface area (Å²) < 4.78 is 18.7. The van der Waals surface area contributed by atoms with Crippen molar-refractivity contribution in [1.82, 2.24) is 5.43 Å². The normalized spacial score (nSPS) is 22.0. The van der Waals surface area contributed by atoms with Crippen molar-refractivity contribution in [3.63, 3.8) is 0 Å². The second-order valence-corrected chi connectivity index (χ2v) is 6.59. The van der Waals surface area contributed by atoms with E-state index in [-0.39, 0.29) is 18.3 Å². The van der Waals surface area contributed by atoms with E-state index in [0.29, 0.717) is 23.1 Å². The topological polar surface area (TPSA) is 50.7 Å². The molecule has 1 saturated carbocycles. The molecule has 0 aliphatic heterocycles. The number of para-hydroxylation sites is 1. The molecule has 0 radical (unpaired) electrons. The molecule has 1 amide bonds. The molecular weight excluding hydrogens is 331 g/mol. The van der Waals surface area contributed by atoms with Crippen molar-refractivity contribution < 1.29 is 13.9 Å². The molecule has 0 bridgehead atoms.